The van der Waals surface area contributed by atoms with Gasteiger partial charge in [-0.2, -0.15) is 0 Å². The van der Waals surface area contributed by atoms with Gasteiger partial charge >= 0.3 is 5.97 Å². The molecule has 0 fully saturated rings. The number of hydrogen-bond donors (Lipinski definition) is 2. The summed E-state index contributed by atoms with van der Waals surface area (Å²) in [6.45, 7) is 1.70. The van der Waals surface area contributed by atoms with Crippen LogP contribution in [-0.2, 0) is 4.79 Å². The van der Waals surface area contributed by atoms with E-state index in [1.807, 2.05) is 0 Å². The molecule has 0 saturated carbocycles. The van der Waals surface area contributed by atoms with Crippen molar-refractivity contribution < 1.29 is 14.3 Å². The number of hydrogen-bond acceptors (Lipinski definition) is 3. The normalized spacial score (nSPS) is 11.5. The summed E-state index contributed by atoms with van der Waals surface area (Å²) in [5.41, 5.74) is 6.84. The number of anilines is 1. The van der Waals surface area contributed by atoms with E-state index < -0.39 is 5.97 Å². The Morgan fingerprint density at radius 2 is 2.31 bits per heavy atom. The lowest BCUT2D eigenvalue weighted by molar-refractivity contribution is -0.131. The number of nitrogens with two attached hydrogens (primary N) is 1. The van der Waals surface area contributed by atoms with Crippen LogP contribution in [0.2, 0.25) is 0 Å². The second-order valence-electron chi connectivity index (χ2n) is 3.30. The summed E-state index contributed by atoms with van der Waals surface area (Å²) >= 11 is 1.31. The van der Waals surface area contributed by atoms with Crippen molar-refractivity contribution >= 4 is 23.4 Å². The Hall–Kier alpha value is -1.49. The molecule has 0 aromatic heterocycles. The van der Waals surface area contributed by atoms with Crippen LogP contribution in [0.3, 0.4) is 0 Å². The second kappa shape index (κ2) is 5.55. The van der Waals surface area contributed by atoms with Crippen LogP contribution in [0.5, 0.6) is 0 Å². The molecule has 3 nitrogen and oxygen atoms in total. The Labute approximate surface area is 97.2 Å². The van der Waals surface area contributed by atoms with Gasteiger partial charge in [0.25, 0.3) is 0 Å². The smallest absolute Gasteiger partial charge is 0.328 e. The summed E-state index contributed by atoms with van der Waals surface area (Å²) in [6, 6.07) is 4.13. The molecule has 0 radical (unpaired) electrons. The minimum Gasteiger partial charge on any atom is -0.478 e. The van der Waals surface area contributed by atoms with Gasteiger partial charge in [0.2, 0.25) is 0 Å². The Kier molecular flexibility index (Phi) is 4.37. The van der Waals surface area contributed by atoms with Crippen molar-refractivity contribution in [2.24, 2.45) is 0 Å². The molecule has 0 aliphatic rings. The summed E-state index contributed by atoms with van der Waals surface area (Å²) in [6.07, 6.45) is 1.13. The van der Waals surface area contributed by atoms with Crippen LogP contribution < -0.4 is 5.73 Å². The number of benzene rings is 1. The van der Waals surface area contributed by atoms with Crippen molar-refractivity contribution in [3.63, 3.8) is 0 Å². The standard InChI is InChI=1S/C11H12FNO2S/c1-7(4-11(14)15)6-16-10-5-8(12)2-3-9(10)13/h2-5H,6,13H2,1H3,(H,14,15). The zero-order valence-electron chi connectivity index (χ0n) is 8.74. The van der Waals surface area contributed by atoms with Crippen LogP contribution in [0.4, 0.5) is 10.1 Å². The lowest BCUT2D eigenvalue weighted by Crippen LogP contribution is -1.94. The van der Waals surface area contributed by atoms with Crippen LogP contribution in [0.15, 0.2) is 34.7 Å². The summed E-state index contributed by atoms with van der Waals surface area (Å²) in [5.74, 6) is -0.859. The minimum atomic E-state index is -0.981. The van der Waals surface area contributed by atoms with E-state index in [0.717, 1.165) is 6.08 Å². The first kappa shape index (κ1) is 12.6. The van der Waals surface area contributed by atoms with Gasteiger partial charge in [0.05, 0.1) is 0 Å². The third-order valence-corrected chi connectivity index (χ3v) is 3.07. The molecule has 0 heterocycles. The molecule has 0 spiro atoms. The van der Waals surface area contributed by atoms with Gasteiger partial charge in [-0.25, -0.2) is 9.18 Å². The van der Waals surface area contributed by atoms with Crippen LogP contribution >= 0.6 is 11.8 Å². The average molecular weight is 241 g/mol. The monoisotopic (exact) mass is 241 g/mol. The molecule has 3 N–H and O–H groups in total. The van der Waals surface area contributed by atoms with Crippen LogP contribution in [0.1, 0.15) is 6.92 Å². The number of carbonyl (C=O) groups is 1. The van der Waals surface area contributed by atoms with Crippen molar-refractivity contribution in [1.82, 2.24) is 0 Å². The molecule has 16 heavy (non-hydrogen) atoms. The predicted molar refractivity (Wildman–Crippen MR) is 62.9 cm³/mol. The maximum atomic E-state index is 12.9. The Bertz CT molecular complexity index is 432. The third-order valence-electron chi connectivity index (χ3n) is 1.80. The van der Waals surface area contributed by atoms with E-state index in [4.69, 9.17) is 10.8 Å². The maximum Gasteiger partial charge on any atom is 0.328 e. The largest absolute Gasteiger partial charge is 0.478 e. The quantitative estimate of drug-likeness (QED) is 0.483. The highest BCUT2D eigenvalue weighted by atomic mass is 32.2. The zero-order chi connectivity index (χ0) is 12.1. The highest BCUT2D eigenvalue weighted by Gasteiger charge is 2.03. The number of carboxylic acid groups (broad SMARTS) is 1. The molecule has 1 aromatic carbocycles. The minimum absolute atomic E-state index is 0.350. The van der Waals surface area contributed by atoms with Crippen molar-refractivity contribution in [2.75, 3.05) is 11.5 Å². The highest BCUT2D eigenvalue weighted by molar-refractivity contribution is 7.99. The van der Waals surface area contributed by atoms with Crippen LogP contribution in [0, 0.1) is 5.82 Å². The third kappa shape index (κ3) is 3.94. The lowest BCUT2D eigenvalue weighted by Gasteiger charge is -2.05. The first-order chi connectivity index (χ1) is 7.49. The summed E-state index contributed by atoms with van der Waals surface area (Å²) in [7, 11) is 0. The topological polar surface area (TPSA) is 63.3 Å². The lowest BCUT2D eigenvalue weighted by atomic mass is 10.3. The molecule has 0 bridgehead atoms. The first-order valence-electron chi connectivity index (χ1n) is 4.57. The molecule has 0 aliphatic carbocycles. The van der Waals surface area contributed by atoms with E-state index in [-0.39, 0.29) is 5.82 Å². The summed E-state index contributed by atoms with van der Waals surface area (Å²) in [4.78, 5) is 11.0. The number of rotatable bonds is 4. The number of nitrogen functional groups attached to an aromatic ring is 1. The predicted octanol–water partition coefficient (Wildman–Crippen LogP) is 2.53. The molecular formula is C11H12FNO2S. The van der Waals surface area contributed by atoms with Crippen molar-refractivity contribution in [1.29, 1.82) is 0 Å². The Morgan fingerprint density at radius 1 is 1.62 bits per heavy atom. The number of halogens is 1. The van der Waals surface area contributed by atoms with E-state index in [2.05, 4.69) is 0 Å². The molecule has 0 atom stereocenters. The van der Waals surface area contributed by atoms with Gasteiger partial charge in [0.1, 0.15) is 5.82 Å². The Morgan fingerprint density at radius 3 is 2.94 bits per heavy atom. The van der Waals surface area contributed by atoms with Crippen molar-refractivity contribution in [3.8, 4) is 0 Å². The molecule has 0 saturated heterocycles. The van der Waals surface area contributed by atoms with Gasteiger partial charge in [-0.1, -0.05) is 5.57 Å². The average Bonchev–Trinajstić information content (AvgIpc) is 2.18. The molecule has 1 rings (SSSR count). The maximum absolute atomic E-state index is 12.9. The molecule has 0 aliphatic heterocycles. The fraction of sp³-hybridized carbons (Fsp3) is 0.182. The number of aliphatic carboxylic acids is 1. The summed E-state index contributed by atoms with van der Waals surface area (Å²) < 4.78 is 12.9. The van der Waals surface area contributed by atoms with E-state index in [9.17, 15) is 9.18 Å². The highest BCUT2D eigenvalue weighted by Crippen LogP contribution is 2.27. The van der Waals surface area contributed by atoms with Gasteiger partial charge in [0.15, 0.2) is 0 Å². The molecule has 86 valence electrons. The zero-order valence-corrected chi connectivity index (χ0v) is 9.55. The first-order valence-corrected chi connectivity index (χ1v) is 5.55. The van der Waals surface area contributed by atoms with Crippen molar-refractivity contribution in [2.45, 2.75) is 11.8 Å². The number of thioether (sulfide) groups is 1. The van der Waals surface area contributed by atoms with E-state index in [0.29, 0.717) is 21.9 Å². The van der Waals surface area contributed by atoms with Gasteiger partial charge < -0.3 is 10.8 Å². The van der Waals surface area contributed by atoms with E-state index in [1.54, 1.807) is 6.92 Å². The van der Waals surface area contributed by atoms with Gasteiger partial charge in [0, 0.05) is 22.4 Å². The SMILES string of the molecule is CC(=CC(=O)O)CSc1cc(F)ccc1N. The number of carboxylic acids is 1. The fourth-order valence-electron chi connectivity index (χ4n) is 1.08. The van der Waals surface area contributed by atoms with Crippen molar-refractivity contribution in [3.05, 3.63) is 35.7 Å². The van der Waals surface area contributed by atoms with Gasteiger partial charge in [-0.3, -0.25) is 0 Å². The molecule has 0 amide bonds. The molecule has 0 unspecified atom stereocenters. The fourth-order valence-corrected chi connectivity index (χ4v) is 1.97. The van der Waals surface area contributed by atoms with Gasteiger partial charge in [-0.15, -0.1) is 11.8 Å². The Balaban J connectivity index is 2.68. The van der Waals surface area contributed by atoms with Gasteiger partial charge in [-0.05, 0) is 25.1 Å². The molecule has 5 heteroatoms. The molecule has 1 aromatic rings. The van der Waals surface area contributed by atoms with E-state index in [1.165, 1.54) is 30.0 Å². The van der Waals surface area contributed by atoms with Crippen LogP contribution in [0.25, 0.3) is 0 Å². The van der Waals surface area contributed by atoms with E-state index >= 15 is 0 Å². The summed E-state index contributed by atoms with van der Waals surface area (Å²) in [5, 5.41) is 8.51. The van der Waals surface area contributed by atoms with Crippen LogP contribution in [-0.4, -0.2) is 16.8 Å². The second-order valence-corrected chi connectivity index (χ2v) is 4.32. The molecular weight excluding hydrogens is 229 g/mol.